The first-order valence-electron chi connectivity index (χ1n) is 9.10. The van der Waals surface area contributed by atoms with Crippen LogP contribution < -0.4 is 5.32 Å². The number of rotatable bonds is 10. The highest BCUT2D eigenvalue weighted by molar-refractivity contribution is 5.82. The van der Waals surface area contributed by atoms with Crippen molar-refractivity contribution in [1.82, 2.24) is 5.32 Å². The molecule has 138 valence electrons. The Hall–Kier alpha value is -1.88. The molecule has 1 saturated carbocycles. The standard InChI is InChI=1S/C20H29NO4/c1-14(2)11-12-24-15(3)20(23)25-13-18(22)21-19(17-9-10-17)16-7-5-4-6-8-16/h4-8,14-15,17,19H,9-13H2,1-3H3,(H,21,22). The summed E-state index contributed by atoms with van der Waals surface area (Å²) >= 11 is 0. The Balaban J connectivity index is 1.74. The Morgan fingerprint density at radius 1 is 1.16 bits per heavy atom. The zero-order chi connectivity index (χ0) is 18.2. The number of hydrogen-bond acceptors (Lipinski definition) is 4. The first-order valence-corrected chi connectivity index (χ1v) is 9.10. The third-order valence-corrected chi connectivity index (χ3v) is 4.31. The lowest BCUT2D eigenvalue weighted by Gasteiger charge is -2.19. The van der Waals surface area contributed by atoms with Crippen molar-refractivity contribution in [1.29, 1.82) is 0 Å². The van der Waals surface area contributed by atoms with E-state index in [2.05, 4.69) is 19.2 Å². The van der Waals surface area contributed by atoms with Crippen LogP contribution in [0.5, 0.6) is 0 Å². The van der Waals surface area contributed by atoms with Gasteiger partial charge in [-0.25, -0.2) is 4.79 Å². The van der Waals surface area contributed by atoms with Crippen LogP contribution in [0, 0.1) is 11.8 Å². The normalized spacial score (nSPS) is 16.3. The van der Waals surface area contributed by atoms with Gasteiger partial charge in [0.1, 0.15) is 0 Å². The van der Waals surface area contributed by atoms with Crippen molar-refractivity contribution in [3.8, 4) is 0 Å². The van der Waals surface area contributed by atoms with Gasteiger partial charge in [-0.1, -0.05) is 44.2 Å². The van der Waals surface area contributed by atoms with Gasteiger partial charge in [0.2, 0.25) is 0 Å². The molecular weight excluding hydrogens is 318 g/mol. The Kier molecular flexibility index (Phi) is 7.44. The maximum Gasteiger partial charge on any atom is 0.335 e. The van der Waals surface area contributed by atoms with Crippen molar-refractivity contribution in [2.75, 3.05) is 13.2 Å². The minimum Gasteiger partial charge on any atom is -0.454 e. The number of esters is 1. The minimum atomic E-state index is -0.653. The molecule has 0 radical (unpaired) electrons. The van der Waals surface area contributed by atoms with Gasteiger partial charge in [-0.15, -0.1) is 0 Å². The molecule has 5 heteroatoms. The number of benzene rings is 1. The molecule has 1 aliphatic rings. The third-order valence-electron chi connectivity index (χ3n) is 4.31. The van der Waals surface area contributed by atoms with Gasteiger partial charge in [-0.05, 0) is 43.6 Å². The molecule has 1 aliphatic carbocycles. The molecule has 2 atom stereocenters. The summed E-state index contributed by atoms with van der Waals surface area (Å²) in [6.45, 7) is 6.08. The first-order chi connectivity index (χ1) is 12.0. The predicted molar refractivity (Wildman–Crippen MR) is 95.9 cm³/mol. The number of nitrogens with one attached hydrogen (secondary N) is 1. The van der Waals surface area contributed by atoms with Crippen LogP contribution in [0.4, 0.5) is 0 Å². The van der Waals surface area contributed by atoms with Gasteiger partial charge >= 0.3 is 5.97 Å². The van der Waals surface area contributed by atoms with Crippen molar-refractivity contribution < 1.29 is 19.1 Å². The van der Waals surface area contributed by atoms with Crippen molar-refractivity contribution in [3.05, 3.63) is 35.9 Å². The van der Waals surface area contributed by atoms with E-state index in [1.807, 2.05) is 30.3 Å². The number of ether oxygens (including phenoxy) is 2. The molecule has 2 rings (SSSR count). The Morgan fingerprint density at radius 3 is 2.44 bits per heavy atom. The van der Waals surface area contributed by atoms with E-state index < -0.39 is 12.1 Å². The van der Waals surface area contributed by atoms with Gasteiger partial charge in [0.15, 0.2) is 12.7 Å². The van der Waals surface area contributed by atoms with E-state index in [0.717, 1.165) is 24.8 Å². The van der Waals surface area contributed by atoms with Crippen LogP contribution in [0.25, 0.3) is 0 Å². The molecule has 0 aliphatic heterocycles. The second-order valence-corrected chi connectivity index (χ2v) is 7.10. The molecule has 1 amide bonds. The van der Waals surface area contributed by atoms with Crippen LogP contribution in [-0.2, 0) is 19.1 Å². The third kappa shape index (κ3) is 6.86. The lowest BCUT2D eigenvalue weighted by molar-refractivity contribution is -0.159. The van der Waals surface area contributed by atoms with Crippen LogP contribution in [0.3, 0.4) is 0 Å². The SMILES string of the molecule is CC(C)CCOC(C)C(=O)OCC(=O)NC(c1ccccc1)C1CC1. The number of amides is 1. The van der Waals surface area contributed by atoms with Crippen molar-refractivity contribution in [2.45, 2.75) is 52.2 Å². The summed E-state index contributed by atoms with van der Waals surface area (Å²) < 4.78 is 10.5. The molecule has 2 unspecified atom stereocenters. The second-order valence-electron chi connectivity index (χ2n) is 7.10. The molecule has 0 aromatic heterocycles. The van der Waals surface area contributed by atoms with E-state index in [0.29, 0.717) is 18.4 Å². The molecule has 1 aromatic carbocycles. The Morgan fingerprint density at radius 2 is 1.84 bits per heavy atom. The smallest absolute Gasteiger partial charge is 0.335 e. The van der Waals surface area contributed by atoms with Gasteiger partial charge in [0, 0.05) is 6.61 Å². The molecule has 1 fully saturated rings. The van der Waals surface area contributed by atoms with Crippen LogP contribution in [0.1, 0.15) is 51.6 Å². The van der Waals surface area contributed by atoms with Crippen LogP contribution >= 0.6 is 0 Å². The lowest BCUT2D eigenvalue weighted by atomic mass is 10.0. The fourth-order valence-electron chi connectivity index (χ4n) is 2.58. The topological polar surface area (TPSA) is 64.6 Å². The minimum absolute atomic E-state index is 0.00730. The number of carbonyl (C=O) groups excluding carboxylic acids is 2. The molecule has 1 N–H and O–H groups in total. The fraction of sp³-hybridized carbons (Fsp3) is 0.600. The average Bonchev–Trinajstić information content (AvgIpc) is 3.42. The van der Waals surface area contributed by atoms with E-state index in [4.69, 9.17) is 9.47 Å². The summed E-state index contributed by atoms with van der Waals surface area (Å²) in [5, 5.41) is 2.99. The highest BCUT2D eigenvalue weighted by Crippen LogP contribution is 2.40. The molecular formula is C20H29NO4. The van der Waals surface area contributed by atoms with E-state index >= 15 is 0 Å². The highest BCUT2D eigenvalue weighted by atomic mass is 16.6. The molecule has 0 saturated heterocycles. The summed E-state index contributed by atoms with van der Waals surface area (Å²) in [4.78, 5) is 24.1. The first kappa shape index (κ1) is 19.4. The van der Waals surface area contributed by atoms with E-state index in [-0.39, 0.29) is 18.6 Å². The van der Waals surface area contributed by atoms with Crippen molar-refractivity contribution in [3.63, 3.8) is 0 Å². The molecule has 25 heavy (non-hydrogen) atoms. The summed E-state index contributed by atoms with van der Waals surface area (Å²) in [5.74, 6) is 0.219. The van der Waals surface area contributed by atoms with Gasteiger partial charge in [0.05, 0.1) is 6.04 Å². The zero-order valence-electron chi connectivity index (χ0n) is 15.4. The summed E-state index contributed by atoms with van der Waals surface area (Å²) in [6, 6.07) is 9.91. The van der Waals surface area contributed by atoms with Crippen LogP contribution in [0.15, 0.2) is 30.3 Å². The van der Waals surface area contributed by atoms with Crippen molar-refractivity contribution in [2.24, 2.45) is 11.8 Å². The summed E-state index contributed by atoms with van der Waals surface area (Å²) in [6.07, 6.45) is 2.46. The van der Waals surface area contributed by atoms with Crippen LogP contribution in [-0.4, -0.2) is 31.2 Å². The molecule has 0 bridgehead atoms. The molecule has 0 spiro atoms. The summed E-state index contributed by atoms with van der Waals surface area (Å²) in [5.41, 5.74) is 1.09. The maximum absolute atomic E-state index is 12.2. The van der Waals surface area contributed by atoms with Crippen molar-refractivity contribution >= 4 is 11.9 Å². The Labute approximate surface area is 150 Å². The molecule has 0 heterocycles. The van der Waals surface area contributed by atoms with E-state index in [1.54, 1.807) is 6.92 Å². The largest absolute Gasteiger partial charge is 0.454 e. The van der Waals surface area contributed by atoms with E-state index in [9.17, 15) is 9.59 Å². The fourth-order valence-corrected chi connectivity index (χ4v) is 2.58. The number of hydrogen-bond donors (Lipinski definition) is 1. The quantitative estimate of drug-likeness (QED) is 0.660. The average molecular weight is 347 g/mol. The van der Waals surface area contributed by atoms with Crippen LogP contribution in [0.2, 0.25) is 0 Å². The Bertz CT molecular complexity index is 554. The van der Waals surface area contributed by atoms with E-state index in [1.165, 1.54) is 0 Å². The van der Waals surface area contributed by atoms with Gasteiger partial charge in [-0.3, -0.25) is 4.79 Å². The predicted octanol–water partition coefficient (Wildman–Crippen LogP) is 3.25. The zero-order valence-corrected chi connectivity index (χ0v) is 15.4. The summed E-state index contributed by atoms with van der Waals surface area (Å²) in [7, 11) is 0. The highest BCUT2D eigenvalue weighted by Gasteiger charge is 2.33. The second kappa shape index (κ2) is 9.56. The number of carbonyl (C=O) groups is 2. The lowest BCUT2D eigenvalue weighted by Crippen LogP contribution is -2.35. The van der Waals surface area contributed by atoms with Gasteiger partial charge < -0.3 is 14.8 Å². The molecule has 5 nitrogen and oxygen atoms in total. The monoisotopic (exact) mass is 347 g/mol. The molecule has 1 aromatic rings. The maximum atomic E-state index is 12.2. The van der Waals surface area contributed by atoms with Gasteiger partial charge in [0.25, 0.3) is 5.91 Å². The van der Waals surface area contributed by atoms with Gasteiger partial charge in [-0.2, -0.15) is 0 Å².